The molecular weight excluding hydrogens is 360 g/mol. The first-order valence-electron chi connectivity index (χ1n) is 10.7. The van der Waals surface area contributed by atoms with Crippen molar-refractivity contribution in [2.24, 2.45) is 0 Å². The quantitative estimate of drug-likeness (QED) is 0.164. The van der Waals surface area contributed by atoms with Crippen molar-refractivity contribution in [1.82, 2.24) is 0 Å². The largest absolute Gasteiger partial charge is 0.102 e. The van der Waals surface area contributed by atoms with Gasteiger partial charge in [0.05, 0.1) is 0 Å². The Kier molecular flexibility index (Phi) is 3.89. The molecule has 0 saturated carbocycles. The van der Waals surface area contributed by atoms with E-state index in [0.29, 0.717) is 0 Å². The van der Waals surface area contributed by atoms with Gasteiger partial charge in [0.2, 0.25) is 0 Å². The topological polar surface area (TPSA) is 0 Å². The molecule has 0 aliphatic heterocycles. The van der Waals surface area contributed by atoms with Gasteiger partial charge in [-0.1, -0.05) is 88.4 Å². The molecule has 0 radical (unpaired) electrons. The molecule has 0 amide bonds. The third-order valence-corrected chi connectivity index (χ3v) is 7.04. The van der Waals surface area contributed by atoms with Crippen molar-refractivity contribution in [3.05, 3.63) is 97.1 Å². The maximum absolute atomic E-state index is 4.08. The maximum atomic E-state index is 4.08. The number of allylic oxidation sites excluding steroid dienone is 2. The van der Waals surface area contributed by atoms with Gasteiger partial charge in [0, 0.05) is 10.8 Å². The third kappa shape index (κ3) is 2.53. The molecule has 0 fully saturated rings. The number of benzene rings is 5. The molecule has 0 aliphatic carbocycles. The molecule has 0 atom stereocenters. The first-order chi connectivity index (χ1) is 14.3. The van der Waals surface area contributed by atoms with Crippen molar-refractivity contribution in [3.8, 4) is 0 Å². The van der Waals surface area contributed by atoms with E-state index in [1.807, 2.05) is 12.2 Å². The Labute approximate surface area is 178 Å². The molecular formula is C30H28. The summed E-state index contributed by atoms with van der Waals surface area (Å²) in [7, 11) is 0. The minimum atomic E-state index is -0.0767. The Morgan fingerprint density at radius 1 is 0.567 bits per heavy atom. The molecule has 0 nitrogen and oxygen atoms in total. The lowest BCUT2D eigenvalue weighted by atomic mass is 9.79. The summed E-state index contributed by atoms with van der Waals surface area (Å²) in [4.78, 5) is 0. The molecule has 5 aromatic carbocycles. The molecule has 5 rings (SSSR count). The van der Waals surface area contributed by atoms with Crippen LogP contribution in [-0.4, -0.2) is 0 Å². The second-order valence-corrected chi connectivity index (χ2v) is 9.71. The van der Waals surface area contributed by atoms with Crippen LogP contribution in [0.3, 0.4) is 0 Å². The molecule has 0 heterocycles. The Morgan fingerprint density at radius 2 is 0.967 bits per heavy atom. The van der Waals surface area contributed by atoms with Crippen LogP contribution in [0.15, 0.2) is 86.0 Å². The fraction of sp³-hybridized carbons (Fsp3) is 0.200. The van der Waals surface area contributed by atoms with Gasteiger partial charge < -0.3 is 0 Å². The minimum Gasteiger partial charge on any atom is -0.102 e. The molecule has 0 aliphatic rings. The van der Waals surface area contributed by atoms with Crippen LogP contribution >= 0.6 is 0 Å². The molecule has 0 bridgehead atoms. The van der Waals surface area contributed by atoms with Crippen molar-refractivity contribution in [2.75, 3.05) is 0 Å². The number of hydrogen-bond donors (Lipinski definition) is 0. The van der Waals surface area contributed by atoms with Crippen molar-refractivity contribution in [3.63, 3.8) is 0 Å². The van der Waals surface area contributed by atoms with Crippen LogP contribution in [0.4, 0.5) is 0 Å². The van der Waals surface area contributed by atoms with Gasteiger partial charge in [-0.05, 0) is 66.3 Å². The fourth-order valence-electron chi connectivity index (χ4n) is 4.71. The van der Waals surface area contributed by atoms with Gasteiger partial charge in [-0.25, -0.2) is 0 Å². The van der Waals surface area contributed by atoms with E-state index in [-0.39, 0.29) is 10.8 Å². The van der Waals surface area contributed by atoms with E-state index in [9.17, 15) is 0 Å². The highest BCUT2D eigenvalue weighted by Crippen LogP contribution is 2.43. The van der Waals surface area contributed by atoms with Gasteiger partial charge in [-0.2, -0.15) is 0 Å². The SMILES string of the molecule is C=CC(C)(C)c1cc2cccc3c4cc(C(C)(C)C=C)cc5cccc(c(c1)c23)c54. The predicted octanol–water partition coefficient (Wildman–Crippen LogP) is 8.66. The summed E-state index contributed by atoms with van der Waals surface area (Å²) in [6.07, 6.45) is 4.09. The molecule has 148 valence electrons. The average molecular weight is 389 g/mol. The first-order valence-corrected chi connectivity index (χ1v) is 10.7. The summed E-state index contributed by atoms with van der Waals surface area (Å²) in [6, 6.07) is 22.9. The Bertz CT molecular complexity index is 1350. The second-order valence-electron chi connectivity index (χ2n) is 9.71. The van der Waals surface area contributed by atoms with Gasteiger partial charge >= 0.3 is 0 Å². The van der Waals surface area contributed by atoms with Crippen LogP contribution in [0.1, 0.15) is 38.8 Å². The molecule has 0 N–H and O–H groups in total. The van der Waals surface area contributed by atoms with Crippen molar-refractivity contribution >= 4 is 43.1 Å². The van der Waals surface area contributed by atoms with Crippen LogP contribution in [0.5, 0.6) is 0 Å². The Morgan fingerprint density at radius 3 is 1.33 bits per heavy atom. The maximum Gasteiger partial charge on any atom is 0.00731 e. The summed E-state index contributed by atoms with van der Waals surface area (Å²) < 4.78 is 0. The van der Waals surface area contributed by atoms with E-state index in [0.717, 1.165) is 0 Å². The van der Waals surface area contributed by atoms with E-state index in [1.165, 1.54) is 54.2 Å². The van der Waals surface area contributed by atoms with E-state index in [2.05, 4.69) is 102 Å². The first kappa shape index (κ1) is 18.9. The van der Waals surface area contributed by atoms with Gasteiger partial charge in [-0.15, -0.1) is 13.2 Å². The van der Waals surface area contributed by atoms with E-state index in [1.54, 1.807) is 0 Å². The molecule has 5 aromatic rings. The fourth-order valence-corrected chi connectivity index (χ4v) is 4.71. The summed E-state index contributed by atoms with van der Waals surface area (Å²) in [5, 5.41) is 10.6. The summed E-state index contributed by atoms with van der Waals surface area (Å²) in [5.74, 6) is 0. The van der Waals surface area contributed by atoms with Crippen LogP contribution in [-0.2, 0) is 10.8 Å². The monoisotopic (exact) mass is 388 g/mol. The second kappa shape index (κ2) is 6.19. The lowest BCUT2D eigenvalue weighted by molar-refractivity contribution is 0.673. The summed E-state index contributed by atoms with van der Waals surface area (Å²) in [6.45, 7) is 17.1. The predicted molar refractivity (Wildman–Crippen MR) is 134 cm³/mol. The zero-order chi connectivity index (χ0) is 21.3. The Hall–Kier alpha value is -3.12. The van der Waals surface area contributed by atoms with Crippen molar-refractivity contribution in [2.45, 2.75) is 38.5 Å². The lowest BCUT2D eigenvalue weighted by Crippen LogP contribution is -2.13. The molecule has 0 unspecified atom stereocenters. The van der Waals surface area contributed by atoms with Gasteiger partial charge in [0.25, 0.3) is 0 Å². The van der Waals surface area contributed by atoms with Crippen LogP contribution in [0.2, 0.25) is 0 Å². The highest BCUT2D eigenvalue weighted by atomic mass is 14.3. The van der Waals surface area contributed by atoms with Crippen LogP contribution in [0, 0.1) is 0 Å². The zero-order valence-corrected chi connectivity index (χ0v) is 18.3. The number of hydrogen-bond acceptors (Lipinski definition) is 0. The zero-order valence-electron chi connectivity index (χ0n) is 18.3. The average Bonchev–Trinajstić information content (AvgIpc) is 2.76. The van der Waals surface area contributed by atoms with Gasteiger partial charge in [0.1, 0.15) is 0 Å². The highest BCUT2D eigenvalue weighted by Gasteiger charge is 2.22. The molecule has 0 heteroatoms. The highest BCUT2D eigenvalue weighted by molar-refractivity contribution is 6.33. The van der Waals surface area contributed by atoms with E-state index < -0.39 is 0 Å². The molecule has 0 spiro atoms. The van der Waals surface area contributed by atoms with Gasteiger partial charge in [0.15, 0.2) is 0 Å². The van der Waals surface area contributed by atoms with Gasteiger partial charge in [-0.3, -0.25) is 0 Å². The van der Waals surface area contributed by atoms with E-state index in [4.69, 9.17) is 0 Å². The van der Waals surface area contributed by atoms with Crippen molar-refractivity contribution in [1.29, 1.82) is 0 Å². The van der Waals surface area contributed by atoms with Crippen LogP contribution < -0.4 is 0 Å². The summed E-state index contributed by atoms with van der Waals surface area (Å²) in [5.41, 5.74) is 2.46. The number of fused-ring (bicyclic) bond motifs is 2. The van der Waals surface area contributed by atoms with E-state index >= 15 is 0 Å². The minimum absolute atomic E-state index is 0.0767. The molecule has 30 heavy (non-hydrogen) atoms. The van der Waals surface area contributed by atoms with Crippen LogP contribution in [0.25, 0.3) is 43.1 Å². The molecule has 0 aromatic heterocycles. The normalized spacial score (nSPS) is 12.9. The standard InChI is InChI=1S/C30H28/c1-7-29(3,4)21-15-19-11-9-14-24-26-18-22(30(5,6)8-2)16-20-12-10-13-23(28(20)26)25(17-21)27(19)24/h7-18H,1-2H2,3-6H3. The smallest absolute Gasteiger partial charge is 0.00731 e. The summed E-state index contributed by atoms with van der Waals surface area (Å²) >= 11 is 0. The number of rotatable bonds is 4. The lowest BCUT2D eigenvalue weighted by Gasteiger charge is -2.25. The molecule has 0 saturated heterocycles. The third-order valence-electron chi connectivity index (χ3n) is 7.04. The van der Waals surface area contributed by atoms with Crippen molar-refractivity contribution < 1.29 is 0 Å². The Balaban J connectivity index is 2.05.